The van der Waals surface area contributed by atoms with Crippen LogP contribution in [0.25, 0.3) is 5.57 Å². The topological polar surface area (TPSA) is 21.3 Å². The number of nitrogens with one attached hydrogen (secondary N) is 1. The molecule has 94 valence electrons. The third-order valence-electron chi connectivity index (χ3n) is 2.39. The molecule has 0 bridgehead atoms. The summed E-state index contributed by atoms with van der Waals surface area (Å²) in [5.74, 6) is 0.606. The van der Waals surface area contributed by atoms with E-state index < -0.39 is 0 Å². The smallest absolute Gasteiger partial charge is 0.0591 e. The summed E-state index contributed by atoms with van der Waals surface area (Å²) in [4.78, 5) is 0. The normalized spacial score (nSPS) is 10.8. The monoisotopic (exact) mass is 233 g/mol. The van der Waals surface area contributed by atoms with Gasteiger partial charge in [0.05, 0.1) is 6.61 Å². The van der Waals surface area contributed by atoms with Gasteiger partial charge in [0.25, 0.3) is 0 Å². The molecule has 1 aromatic carbocycles. The van der Waals surface area contributed by atoms with E-state index in [9.17, 15) is 0 Å². The van der Waals surface area contributed by atoms with Crippen LogP contribution in [-0.2, 0) is 4.74 Å². The Hall–Kier alpha value is -1.12. The lowest BCUT2D eigenvalue weighted by Gasteiger charge is -2.09. The maximum atomic E-state index is 5.49. The molecule has 0 atom stereocenters. The van der Waals surface area contributed by atoms with Crippen LogP contribution >= 0.6 is 0 Å². The summed E-state index contributed by atoms with van der Waals surface area (Å²) >= 11 is 0. The van der Waals surface area contributed by atoms with Gasteiger partial charge in [0.15, 0.2) is 0 Å². The highest BCUT2D eigenvalue weighted by atomic mass is 16.5. The summed E-state index contributed by atoms with van der Waals surface area (Å²) in [6, 6.07) is 10.3. The Bertz CT molecular complexity index is 319. The first-order chi connectivity index (χ1) is 8.20. The molecule has 0 heterocycles. The van der Waals surface area contributed by atoms with E-state index in [0.717, 1.165) is 31.9 Å². The fourth-order valence-corrected chi connectivity index (χ4v) is 1.48. The molecule has 0 saturated carbocycles. The average Bonchev–Trinajstić information content (AvgIpc) is 2.34. The Balaban J connectivity index is 2.09. The zero-order chi connectivity index (χ0) is 12.5. The standard InChI is InChI=1S/C15H23NO/c1-13(2)12-17-10-9-16-11-14(3)15-7-5-4-6-8-15/h4-8,13,16H,3,9-12H2,1-2H3. The zero-order valence-corrected chi connectivity index (χ0v) is 10.9. The zero-order valence-electron chi connectivity index (χ0n) is 10.9. The van der Waals surface area contributed by atoms with Gasteiger partial charge in [0, 0.05) is 19.7 Å². The van der Waals surface area contributed by atoms with Gasteiger partial charge < -0.3 is 10.1 Å². The van der Waals surface area contributed by atoms with Crippen LogP contribution in [0.1, 0.15) is 19.4 Å². The molecule has 0 aliphatic heterocycles. The van der Waals surface area contributed by atoms with Crippen molar-refractivity contribution in [3.63, 3.8) is 0 Å². The summed E-state index contributed by atoms with van der Waals surface area (Å²) < 4.78 is 5.49. The van der Waals surface area contributed by atoms with E-state index in [1.165, 1.54) is 5.56 Å². The first kappa shape index (κ1) is 13.9. The molecule has 2 heteroatoms. The second-order valence-electron chi connectivity index (χ2n) is 4.62. The van der Waals surface area contributed by atoms with Gasteiger partial charge in [-0.15, -0.1) is 0 Å². The van der Waals surface area contributed by atoms with Crippen molar-refractivity contribution in [3.8, 4) is 0 Å². The van der Waals surface area contributed by atoms with Crippen molar-refractivity contribution < 1.29 is 4.74 Å². The Morgan fingerprint density at radius 2 is 2.00 bits per heavy atom. The van der Waals surface area contributed by atoms with Crippen molar-refractivity contribution in [1.82, 2.24) is 5.32 Å². The maximum Gasteiger partial charge on any atom is 0.0591 e. The summed E-state index contributed by atoms with van der Waals surface area (Å²) in [5.41, 5.74) is 2.32. The molecular formula is C15H23NO. The Morgan fingerprint density at radius 1 is 1.29 bits per heavy atom. The van der Waals surface area contributed by atoms with Gasteiger partial charge in [-0.05, 0) is 17.1 Å². The van der Waals surface area contributed by atoms with Crippen molar-refractivity contribution in [1.29, 1.82) is 0 Å². The third-order valence-corrected chi connectivity index (χ3v) is 2.39. The predicted octanol–water partition coefficient (Wildman–Crippen LogP) is 2.96. The van der Waals surface area contributed by atoms with Gasteiger partial charge in [-0.3, -0.25) is 0 Å². The van der Waals surface area contributed by atoms with Crippen molar-refractivity contribution in [3.05, 3.63) is 42.5 Å². The van der Waals surface area contributed by atoms with Gasteiger partial charge in [-0.25, -0.2) is 0 Å². The lowest BCUT2D eigenvalue weighted by atomic mass is 10.1. The second kappa shape index (κ2) is 8.04. The molecule has 0 aliphatic rings. The summed E-state index contributed by atoms with van der Waals surface area (Å²) in [6.45, 7) is 11.7. The molecule has 0 unspecified atom stereocenters. The molecular weight excluding hydrogens is 210 g/mol. The largest absolute Gasteiger partial charge is 0.380 e. The Kier molecular flexibility index (Phi) is 6.60. The van der Waals surface area contributed by atoms with Crippen molar-refractivity contribution in [2.75, 3.05) is 26.3 Å². The van der Waals surface area contributed by atoms with E-state index in [4.69, 9.17) is 4.74 Å². The molecule has 0 saturated heterocycles. The first-order valence-electron chi connectivity index (χ1n) is 6.22. The SMILES string of the molecule is C=C(CNCCOCC(C)C)c1ccccc1. The van der Waals surface area contributed by atoms with E-state index in [0.29, 0.717) is 5.92 Å². The lowest BCUT2D eigenvalue weighted by Crippen LogP contribution is -2.22. The van der Waals surface area contributed by atoms with E-state index >= 15 is 0 Å². The molecule has 0 spiro atoms. The minimum Gasteiger partial charge on any atom is -0.380 e. The van der Waals surface area contributed by atoms with Crippen LogP contribution in [0.2, 0.25) is 0 Å². The fraction of sp³-hybridized carbons (Fsp3) is 0.467. The van der Waals surface area contributed by atoms with E-state index in [-0.39, 0.29) is 0 Å². The lowest BCUT2D eigenvalue weighted by molar-refractivity contribution is 0.112. The number of hydrogen-bond donors (Lipinski definition) is 1. The van der Waals surface area contributed by atoms with Crippen LogP contribution in [0.5, 0.6) is 0 Å². The summed E-state index contributed by atoms with van der Waals surface area (Å²) in [6.07, 6.45) is 0. The molecule has 1 N–H and O–H groups in total. The van der Waals surface area contributed by atoms with Gasteiger partial charge in [0.1, 0.15) is 0 Å². The Morgan fingerprint density at radius 3 is 2.65 bits per heavy atom. The van der Waals surface area contributed by atoms with Gasteiger partial charge in [-0.2, -0.15) is 0 Å². The summed E-state index contributed by atoms with van der Waals surface area (Å²) in [5, 5.41) is 3.33. The van der Waals surface area contributed by atoms with E-state index in [1.54, 1.807) is 0 Å². The van der Waals surface area contributed by atoms with Crippen LogP contribution in [-0.4, -0.2) is 26.3 Å². The van der Waals surface area contributed by atoms with Crippen LogP contribution in [0.4, 0.5) is 0 Å². The molecule has 0 fully saturated rings. The average molecular weight is 233 g/mol. The molecule has 2 nitrogen and oxygen atoms in total. The second-order valence-corrected chi connectivity index (χ2v) is 4.62. The third kappa shape index (κ3) is 6.25. The number of ether oxygens (including phenoxy) is 1. The van der Waals surface area contributed by atoms with E-state index in [1.807, 2.05) is 18.2 Å². The Labute approximate surface area is 105 Å². The van der Waals surface area contributed by atoms with Crippen LogP contribution in [0.3, 0.4) is 0 Å². The molecule has 0 radical (unpaired) electrons. The molecule has 17 heavy (non-hydrogen) atoms. The van der Waals surface area contributed by atoms with Crippen LogP contribution in [0.15, 0.2) is 36.9 Å². The van der Waals surface area contributed by atoms with Crippen LogP contribution < -0.4 is 5.32 Å². The highest BCUT2D eigenvalue weighted by molar-refractivity contribution is 5.64. The maximum absolute atomic E-state index is 5.49. The quantitative estimate of drug-likeness (QED) is 0.697. The van der Waals surface area contributed by atoms with Crippen molar-refractivity contribution in [2.24, 2.45) is 5.92 Å². The number of rotatable bonds is 8. The highest BCUT2D eigenvalue weighted by Crippen LogP contribution is 2.09. The predicted molar refractivity (Wildman–Crippen MR) is 74.0 cm³/mol. The highest BCUT2D eigenvalue weighted by Gasteiger charge is 1.97. The minimum absolute atomic E-state index is 0.606. The van der Waals surface area contributed by atoms with E-state index in [2.05, 4.69) is 37.9 Å². The minimum atomic E-state index is 0.606. The first-order valence-corrected chi connectivity index (χ1v) is 6.22. The van der Waals surface area contributed by atoms with Gasteiger partial charge >= 0.3 is 0 Å². The fourth-order valence-electron chi connectivity index (χ4n) is 1.48. The molecule has 1 rings (SSSR count). The van der Waals surface area contributed by atoms with Gasteiger partial charge in [0.2, 0.25) is 0 Å². The van der Waals surface area contributed by atoms with Gasteiger partial charge in [-0.1, -0.05) is 50.8 Å². The van der Waals surface area contributed by atoms with Crippen LogP contribution in [0, 0.1) is 5.92 Å². The van der Waals surface area contributed by atoms with Crippen molar-refractivity contribution >= 4 is 5.57 Å². The number of benzene rings is 1. The molecule has 0 aliphatic carbocycles. The molecule has 0 aromatic heterocycles. The van der Waals surface area contributed by atoms with Crippen molar-refractivity contribution in [2.45, 2.75) is 13.8 Å². The summed E-state index contributed by atoms with van der Waals surface area (Å²) in [7, 11) is 0. The molecule has 1 aromatic rings. The molecule has 0 amide bonds. The number of hydrogen-bond acceptors (Lipinski definition) is 2.